The maximum atomic E-state index is 5.99. The van der Waals surface area contributed by atoms with Crippen molar-refractivity contribution in [1.29, 1.82) is 0 Å². The van der Waals surface area contributed by atoms with Crippen LogP contribution < -0.4 is 11.1 Å². The van der Waals surface area contributed by atoms with Gasteiger partial charge >= 0.3 is 0 Å². The third-order valence-electron chi connectivity index (χ3n) is 3.76. The Bertz CT molecular complexity index is 367. The van der Waals surface area contributed by atoms with E-state index in [4.69, 9.17) is 5.73 Å². The van der Waals surface area contributed by atoms with Crippen molar-refractivity contribution in [2.75, 3.05) is 17.6 Å². The first-order valence-electron chi connectivity index (χ1n) is 6.27. The van der Waals surface area contributed by atoms with E-state index in [1.54, 1.807) is 0 Å². The van der Waals surface area contributed by atoms with Crippen LogP contribution in [0.5, 0.6) is 0 Å². The zero-order valence-electron chi connectivity index (χ0n) is 10.3. The SMILES string of the molecule is Cc1cc(N)c(NCCC2CCC2)cc1C. The van der Waals surface area contributed by atoms with Gasteiger partial charge in [-0.2, -0.15) is 0 Å². The summed E-state index contributed by atoms with van der Waals surface area (Å²) in [6.07, 6.45) is 5.55. The van der Waals surface area contributed by atoms with Gasteiger partial charge in [0.05, 0.1) is 11.4 Å². The van der Waals surface area contributed by atoms with E-state index in [0.29, 0.717) is 0 Å². The first-order valence-corrected chi connectivity index (χ1v) is 6.27. The minimum Gasteiger partial charge on any atom is -0.397 e. The molecule has 0 spiro atoms. The average Bonchev–Trinajstić information content (AvgIpc) is 2.17. The summed E-state index contributed by atoms with van der Waals surface area (Å²) in [7, 11) is 0. The molecule has 1 aliphatic rings. The minimum atomic E-state index is 0.872. The molecule has 0 amide bonds. The normalized spacial score (nSPS) is 15.9. The Hall–Kier alpha value is -1.18. The summed E-state index contributed by atoms with van der Waals surface area (Å²) in [5.41, 5.74) is 10.5. The van der Waals surface area contributed by atoms with Crippen LogP contribution in [0.2, 0.25) is 0 Å². The highest BCUT2D eigenvalue weighted by atomic mass is 14.9. The summed E-state index contributed by atoms with van der Waals surface area (Å²) < 4.78 is 0. The molecule has 0 radical (unpaired) electrons. The molecule has 3 N–H and O–H groups in total. The largest absolute Gasteiger partial charge is 0.397 e. The highest BCUT2D eigenvalue weighted by molar-refractivity contribution is 5.68. The van der Waals surface area contributed by atoms with Gasteiger partial charge in [-0.3, -0.25) is 0 Å². The van der Waals surface area contributed by atoms with Crippen LogP contribution in [-0.2, 0) is 0 Å². The predicted molar refractivity (Wildman–Crippen MR) is 70.8 cm³/mol. The van der Waals surface area contributed by atoms with E-state index in [0.717, 1.165) is 23.8 Å². The minimum absolute atomic E-state index is 0.872. The molecule has 2 rings (SSSR count). The van der Waals surface area contributed by atoms with Crippen LogP contribution in [0, 0.1) is 19.8 Å². The van der Waals surface area contributed by atoms with E-state index in [2.05, 4.69) is 31.3 Å². The highest BCUT2D eigenvalue weighted by Crippen LogP contribution is 2.29. The fourth-order valence-electron chi connectivity index (χ4n) is 2.18. The lowest BCUT2D eigenvalue weighted by Crippen LogP contribution is -2.16. The Morgan fingerprint density at radius 3 is 2.56 bits per heavy atom. The van der Waals surface area contributed by atoms with Crippen LogP contribution in [0.15, 0.2) is 12.1 Å². The first-order chi connectivity index (χ1) is 7.66. The summed E-state index contributed by atoms with van der Waals surface area (Å²) in [6.45, 7) is 5.28. The van der Waals surface area contributed by atoms with Gasteiger partial charge in [0, 0.05) is 6.54 Å². The number of nitrogens with one attached hydrogen (secondary N) is 1. The van der Waals surface area contributed by atoms with Crippen LogP contribution in [-0.4, -0.2) is 6.54 Å². The fraction of sp³-hybridized carbons (Fsp3) is 0.571. The lowest BCUT2D eigenvalue weighted by Gasteiger charge is -2.25. The molecule has 1 aromatic rings. The molecule has 0 unspecified atom stereocenters. The lowest BCUT2D eigenvalue weighted by atomic mass is 9.83. The van der Waals surface area contributed by atoms with Crippen molar-refractivity contribution in [3.63, 3.8) is 0 Å². The van der Waals surface area contributed by atoms with Crippen molar-refractivity contribution in [3.8, 4) is 0 Å². The van der Waals surface area contributed by atoms with Gasteiger partial charge in [-0.1, -0.05) is 19.3 Å². The number of aryl methyl sites for hydroxylation is 2. The van der Waals surface area contributed by atoms with Crippen molar-refractivity contribution in [2.24, 2.45) is 5.92 Å². The van der Waals surface area contributed by atoms with E-state index >= 15 is 0 Å². The second-order valence-electron chi connectivity index (χ2n) is 5.04. The Balaban J connectivity index is 1.90. The van der Waals surface area contributed by atoms with Gasteiger partial charge in [-0.25, -0.2) is 0 Å². The van der Waals surface area contributed by atoms with Crippen LogP contribution >= 0.6 is 0 Å². The number of nitrogens with two attached hydrogens (primary N) is 1. The first kappa shape index (κ1) is 11.3. The molecule has 16 heavy (non-hydrogen) atoms. The molecule has 0 heterocycles. The number of nitrogen functional groups attached to an aromatic ring is 1. The molecule has 1 aliphatic carbocycles. The van der Waals surface area contributed by atoms with Crippen LogP contribution in [0.3, 0.4) is 0 Å². The van der Waals surface area contributed by atoms with Crippen molar-refractivity contribution >= 4 is 11.4 Å². The Morgan fingerprint density at radius 2 is 1.94 bits per heavy atom. The second kappa shape index (κ2) is 4.77. The monoisotopic (exact) mass is 218 g/mol. The molecule has 0 aliphatic heterocycles. The molecule has 1 fully saturated rings. The van der Waals surface area contributed by atoms with Gasteiger partial charge in [0.1, 0.15) is 0 Å². The molecule has 2 heteroatoms. The second-order valence-corrected chi connectivity index (χ2v) is 5.04. The van der Waals surface area contributed by atoms with Gasteiger partial charge in [0.25, 0.3) is 0 Å². The lowest BCUT2D eigenvalue weighted by molar-refractivity contribution is 0.303. The van der Waals surface area contributed by atoms with Gasteiger partial charge in [-0.15, -0.1) is 0 Å². The van der Waals surface area contributed by atoms with E-state index in [1.807, 2.05) is 0 Å². The van der Waals surface area contributed by atoms with Gasteiger partial charge in [0.2, 0.25) is 0 Å². The smallest absolute Gasteiger partial charge is 0.0576 e. The average molecular weight is 218 g/mol. The number of hydrogen-bond acceptors (Lipinski definition) is 2. The fourth-order valence-corrected chi connectivity index (χ4v) is 2.18. The Morgan fingerprint density at radius 1 is 1.25 bits per heavy atom. The third kappa shape index (κ3) is 2.49. The number of hydrogen-bond donors (Lipinski definition) is 2. The zero-order valence-corrected chi connectivity index (χ0v) is 10.3. The summed E-state index contributed by atoms with van der Waals surface area (Å²) >= 11 is 0. The molecule has 0 saturated heterocycles. The topological polar surface area (TPSA) is 38.0 Å². The zero-order chi connectivity index (χ0) is 11.5. The Kier molecular flexibility index (Phi) is 3.37. The molecule has 0 bridgehead atoms. The van der Waals surface area contributed by atoms with Gasteiger partial charge < -0.3 is 11.1 Å². The molecule has 2 nitrogen and oxygen atoms in total. The van der Waals surface area contributed by atoms with Crippen LogP contribution in [0.1, 0.15) is 36.8 Å². The number of anilines is 2. The molecule has 88 valence electrons. The van der Waals surface area contributed by atoms with Crippen LogP contribution in [0.4, 0.5) is 11.4 Å². The molecule has 0 atom stereocenters. The summed E-state index contributed by atoms with van der Waals surface area (Å²) in [4.78, 5) is 0. The standard InChI is InChI=1S/C14H22N2/c1-10-8-13(15)14(9-11(10)2)16-7-6-12-4-3-5-12/h8-9,12,16H,3-7,15H2,1-2H3. The maximum Gasteiger partial charge on any atom is 0.0576 e. The summed E-state index contributed by atoms with van der Waals surface area (Å²) in [6, 6.07) is 4.21. The molecule has 0 aromatic heterocycles. The highest BCUT2D eigenvalue weighted by Gasteiger charge is 2.16. The molecular formula is C14H22N2. The van der Waals surface area contributed by atoms with Gasteiger partial charge in [-0.05, 0) is 49.4 Å². The Labute approximate surface area is 98.2 Å². The van der Waals surface area contributed by atoms with Crippen molar-refractivity contribution in [2.45, 2.75) is 39.5 Å². The predicted octanol–water partition coefficient (Wildman–Crippen LogP) is 3.49. The maximum absolute atomic E-state index is 5.99. The van der Waals surface area contributed by atoms with Gasteiger partial charge in [0.15, 0.2) is 0 Å². The van der Waals surface area contributed by atoms with Crippen molar-refractivity contribution in [1.82, 2.24) is 0 Å². The van der Waals surface area contributed by atoms with E-state index in [9.17, 15) is 0 Å². The quantitative estimate of drug-likeness (QED) is 0.759. The van der Waals surface area contributed by atoms with Crippen molar-refractivity contribution in [3.05, 3.63) is 23.3 Å². The van der Waals surface area contributed by atoms with E-state index in [-0.39, 0.29) is 0 Å². The van der Waals surface area contributed by atoms with Crippen molar-refractivity contribution < 1.29 is 0 Å². The number of rotatable bonds is 4. The molecular weight excluding hydrogens is 196 g/mol. The summed E-state index contributed by atoms with van der Waals surface area (Å²) in [5.74, 6) is 0.959. The summed E-state index contributed by atoms with van der Waals surface area (Å²) in [5, 5.41) is 3.46. The van der Waals surface area contributed by atoms with E-state index < -0.39 is 0 Å². The van der Waals surface area contributed by atoms with Crippen LogP contribution in [0.25, 0.3) is 0 Å². The molecule has 1 aromatic carbocycles. The third-order valence-corrected chi connectivity index (χ3v) is 3.76. The number of benzene rings is 1. The van der Waals surface area contributed by atoms with E-state index in [1.165, 1.54) is 36.8 Å². The molecule has 1 saturated carbocycles.